The summed E-state index contributed by atoms with van der Waals surface area (Å²) in [6.07, 6.45) is 0.149. The van der Waals surface area contributed by atoms with Gasteiger partial charge in [0.1, 0.15) is 22.1 Å². The van der Waals surface area contributed by atoms with Gasteiger partial charge in [0.15, 0.2) is 0 Å². The van der Waals surface area contributed by atoms with Crippen LogP contribution >= 0.6 is 35.7 Å². The van der Waals surface area contributed by atoms with Crippen LogP contribution in [0.3, 0.4) is 0 Å². The molecule has 0 bridgehead atoms. The first-order valence-corrected chi connectivity index (χ1v) is 14.0. The van der Waals surface area contributed by atoms with E-state index in [9.17, 15) is 24.0 Å². The number of fused-ring (bicyclic) bond motifs is 1. The number of amides is 3. The molecule has 1 aromatic carbocycles. The molecule has 3 aliphatic rings. The fraction of sp³-hybridized carbons (Fsp3) is 0.385. The second-order valence-corrected chi connectivity index (χ2v) is 11.8. The SMILES string of the molecule is CCOc1ccc2c(c1)C(=C1SC(C(=O)OC)=C(C(=O)OC)S1)C(=S)C(C)(C)N2C(=O)CN1C(=O)CCC1=O. The Kier molecular flexibility index (Phi) is 8.24. The van der Waals surface area contributed by atoms with E-state index in [1.165, 1.54) is 19.1 Å². The maximum absolute atomic E-state index is 13.7. The summed E-state index contributed by atoms with van der Waals surface area (Å²) in [6, 6.07) is 5.18. The zero-order valence-corrected chi connectivity index (χ0v) is 24.4. The molecule has 0 aromatic heterocycles. The fourth-order valence-corrected chi connectivity index (χ4v) is 7.54. The van der Waals surface area contributed by atoms with Gasteiger partial charge in [-0.1, -0.05) is 35.7 Å². The summed E-state index contributed by atoms with van der Waals surface area (Å²) >= 11 is 8.04. The normalized spacial score (nSPS) is 18.5. The fourth-order valence-electron chi connectivity index (χ4n) is 4.51. The van der Waals surface area contributed by atoms with Gasteiger partial charge in [-0.15, -0.1) is 0 Å². The standard InChI is InChI=1S/C26H26N2O8S3/c1-6-36-13-7-8-15-14(11-13)19(25-38-20(23(32)34-4)21(39-25)24(33)35-5)22(37)26(2,3)28(15)18(31)12-27-16(29)9-10-17(27)30/h7-8,11H,6,9-10,12H2,1-5H3. The van der Waals surface area contributed by atoms with E-state index >= 15 is 0 Å². The van der Waals surface area contributed by atoms with Crippen molar-refractivity contribution in [2.75, 3.05) is 32.3 Å². The Hall–Kier alpha value is -3.16. The lowest BCUT2D eigenvalue weighted by molar-refractivity contribution is -0.142. The van der Waals surface area contributed by atoms with Gasteiger partial charge in [0, 0.05) is 24.0 Å². The van der Waals surface area contributed by atoms with E-state index < -0.39 is 41.7 Å². The quantitative estimate of drug-likeness (QED) is 0.210. The Morgan fingerprint density at radius 3 is 2.08 bits per heavy atom. The minimum atomic E-state index is -1.08. The van der Waals surface area contributed by atoms with Gasteiger partial charge >= 0.3 is 11.9 Å². The van der Waals surface area contributed by atoms with Crippen LogP contribution in [0.1, 0.15) is 39.2 Å². The zero-order valence-electron chi connectivity index (χ0n) is 21.9. The van der Waals surface area contributed by atoms with Crippen molar-refractivity contribution in [3.8, 4) is 5.75 Å². The molecule has 0 atom stereocenters. The number of anilines is 1. The molecule has 3 amide bonds. The van der Waals surface area contributed by atoms with Crippen molar-refractivity contribution in [1.82, 2.24) is 4.90 Å². The predicted molar refractivity (Wildman–Crippen MR) is 151 cm³/mol. The molecule has 3 aliphatic heterocycles. The highest BCUT2D eigenvalue weighted by Gasteiger charge is 2.47. The summed E-state index contributed by atoms with van der Waals surface area (Å²) in [6.45, 7) is 5.35. The number of esters is 2. The number of likely N-dealkylation sites (tertiary alicyclic amines) is 1. The minimum Gasteiger partial charge on any atom is -0.494 e. The highest BCUT2D eigenvalue weighted by molar-refractivity contribution is 8.29. The number of benzene rings is 1. The summed E-state index contributed by atoms with van der Waals surface area (Å²) in [7, 11) is 2.44. The van der Waals surface area contributed by atoms with Crippen molar-refractivity contribution in [2.24, 2.45) is 0 Å². The smallest absolute Gasteiger partial charge is 0.346 e. The van der Waals surface area contributed by atoms with Crippen LogP contribution in [0.25, 0.3) is 5.57 Å². The lowest BCUT2D eigenvalue weighted by Crippen LogP contribution is -2.58. The number of hydrogen-bond donors (Lipinski definition) is 0. The average molecular weight is 591 g/mol. The van der Waals surface area contributed by atoms with Crippen LogP contribution < -0.4 is 9.64 Å². The van der Waals surface area contributed by atoms with E-state index in [0.29, 0.717) is 38.3 Å². The second kappa shape index (κ2) is 11.1. The van der Waals surface area contributed by atoms with Gasteiger partial charge in [-0.3, -0.25) is 24.2 Å². The molecule has 10 nitrogen and oxygen atoms in total. The molecule has 0 N–H and O–H groups in total. The molecule has 0 saturated carbocycles. The summed E-state index contributed by atoms with van der Waals surface area (Å²) in [5, 5.41) is 0. The molecule has 0 unspecified atom stereocenters. The largest absolute Gasteiger partial charge is 0.494 e. The van der Waals surface area contributed by atoms with Crippen molar-refractivity contribution in [1.29, 1.82) is 0 Å². The monoisotopic (exact) mass is 590 g/mol. The Morgan fingerprint density at radius 2 is 1.56 bits per heavy atom. The first-order valence-electron chi connectivity index (χ1n) is 11.9. The van der Waals surface area contributed by atoms with E-state index in [1.807, 2.05) is 6.92 Å². The molecule has 4 rings (SSSR count). The lowest BCUT2D eigenvalue weighted by atomic mass is 9.83. The van der Waals surface area contributed by atoms with Crippen LogP contribution in [0.15, 0.2) is 32.2 Å². The Morgan fingerprint density at radius 1 is 1.00 bits per heavy atom. The number of nitrogens with zero attached hydrogens (tertiary/aromatic N) is 2. The number of hydrogen-bond acceptors (Lipinski definition) is 11. The summed E-state index contributed by atoms with van der Waals surface area (Å²) in [4.78, 5) is 66.2. The molecule has 0 spiro atoms. The second-order valence-electron chi connectivity index (χ2n) is 9.11. The third-order valence-corrected chi connectivity index (χ3v) is 9.63. The zero-order chi connectivity index (χ0) is 28.6. The highest BCUT2D eigenvalue weighted by atomic mass is 32.2. The predicted octanol–water partition coefficient (Wildman–Crippen LogP) is 3.44. The van der Waals surface area contributed by atoms with E-state index in [-0.39, 0.29) is 22.7 Å². The third kappa shape index (κ3) is 5.10. The number of carbonyl (C=O) groups excluding carboxylic acids is 5. The molecule has 1 fully saturated rings. The Bertz CT molecular complexity index is 1330. The average Bonchev–Trinajstić information content (AvgIpc) is 3.48. The van der Waals surface area contributed by atoms with Crippen LogP contribution in [0, 0.1) is 0 Å². The number of ether oxygens (including phenoxy) is 3. The third-order valence-electron chi connectivity index (χ3n) is 6.37. The number of imide groups is 1. The molecule has 39 heavy (non-hydrogen) atoms. The Balaban J connectivity index is 1.87. The number of methoxy groups -OCH3 is 2. The van der Waals surface area contributed by atoms with Crippen molar-refractivity contribution < 1.29 is 38.2 Å². The van der Waals surface area contributed by atoms with Crippen molar-refractivity contribution in [3.63, 3.8) is 0 Å². The van der Waals surface area contributed by atoms with Gasteiger partial charge in [-0.25, -0.2) is 9.59 Å². The maximum atomic E-state index is 13.7. The van der Waals surface area contributed by atoms with Crippen LogP contribution in [0.4, 0.5) is 5.69 Å². The molecule has 206 valence electrons. The van der Waals surface area contributed by atoms with Gasteiger partial charge in [0.2, 0.25) is 17.7 Å². The summed E-state index contributed by atoms with van der Waals surface area (Å²) in [5.41, 5.74) is 0.500. The van der Waals surface area contributed by atoms with E-state index in [0.717, 1.165) is 28.4 Å². The van der Waals surface area contributed by atoms with Crippen LogP contribution in [0.5, 0.6) is 5.75 Å². The van der Waals surface area contributed by atoms with Gasteiger partial charge in [-0.05, 0) is 39.0 Å². The Labute approximate surface area is 239 Å². The topological polar surface area (TPSA) is 120 Å². The van der Waals surface area contributed by atoms with Gasteiger partial charge in [-0.2, -0.15) is 0 Å². The molecule has 3 heterocycles. The first kappa shape index (κ1) is 28.8. The number of carbonyl (C=O) groups is 5. The molecule has 0 aliphatic carbocycles. The van der Waals surface area contributed by atoms with E-state index in [4.69, 9.17) is 26.4 Å². The molecule has 13 heteroatoms. The minimum absolute atomic E-state index is 0.0736. The molecular weight excluding hydrogens is 564 g/mol. The van der Waals surface area contributed by atoms with E-state index in [2.05, 4.69) is 0 Å². The van der Waals surface area contributed by atoms with Gasteiger partial charge < -0.3 is 14.2 Å². The van der Waals surface area contributed by atoms with Crippen LogP contribution in [0.2, 0.25) is 0 Å². The highest BCUT2D eigenvalue weighted by Crippen LogP contribution is 2.56. The molecule has 0 radical (unpaired) electrons. The summed E-state index contributed by atoms with van der Waals surface area (Å²) in [5.74, 6) is -2.12. The summed E-state index contributed by atoms with van der Waals surface area (Å²) < 4.78 is 16.0. The lowest BCUT2D eigenvalue weighted by Gasteiger charge is -2.45. The molecule has 1 saturated heterocycles. The number of thiocarbonyl (C=S) groups is 1. The van der Waals surface area contributed by atoms with Crippen molar-refractivity contribution >= 4 is 81.5 Å². The molecular formula is C26H26N2O8S3. The van der Waals surface area contributed by atoms with Crippen LogP contribution in [-0.2, 0) is 33.4 Å². The van der Waals surface area contributed by atoms with Crippen LogP contribution in [-0.4, -0.2) is 72.3 Å². The van der Waals surface area contributed by atoms with Crippen molar-refractivity contribution in [2.45, 2.75) is 39.2 Å². The molecule has 1 aromatic rings. The van der Waals surface area contributed by atoms with Gasteiger partial charge in [0.25, 0.3) is 0 Å². The maximum Gasteiger partial charge on any atom is 0.346 e. The van der Waals surface area contributed by atoms with E-state index in [1.54, 1.807) is 32.0 Å². The first-order chi connectivity index (χ1) is 18.5. The van der Waals surface area contributed by atoms with Gasteiger partial charge in [0.05, 0.1) is 41.2 Å². The number of thioether (sulfide) groups is 2. The van der Waals surface area contributed by atoms with Crippen molar-refractivity contribution in [3.05, 3.63) is 37.8 Å². The number of rotatable bonds is 6.